The zero-order valence-corrected chi connectivity index (χ0v) is 16.9. The summed E-state index contributed by atoms with van der Waals surface area (Å²) in [7, 11) is 3.78. The van der Waals surface area contributed by atoms with E-state index in [9.17, 15) is 14.7 Å². The minimum atomic E-state index is -0.773. The normalized spacial score (nSPS) is 18.6. The number of amides is 1. The van der Waals surface area contributed by atoms with Crippen LogP contribution in [0.2, 0.25) is 0 Å². The number of benzene rings is 1. The predicted molar refractivity (Wildman–Crippen MR) is 108 cm³/mol. The molecule has 2 aromatic rings. The number of aliphatic hydroxyl groups excluding tert-OH is 1. The lowest BCUT2D eigenvalue weighted by molar-refractivity contribution is -0.140. The van der Waals surface area contributed by atoms with E-state index >= 15 is 0 Å². The number of ketones is 1. The minimum Gasteiger partial charge on any atom is -0.507 e. The molecule has 1 N–H and O–H groups in total. The maximum atomic E-state index is 12.8. The second-order valence-electron chi connectivity index (χ2n) is 7.19. The number of furan rings is 1. The summed E-state index contributed by atoms with van der Waals surface area (Å²) in [6, 6.07) is 9.49. The fourth-order valence-electron chi connectivity index (χ4n) is 3.27. The molecule has 7 nitrogen and oxygen atoms in total. The van der Waals surface area contributed by atoms with Crippen LogP contribution in [0.25, 0.3) is 5.76 Å². The Morgan fingerprint density at radius 1 is 1.24 bits per heavy atom. The first-order chi connectivity index (χ1) is 13.9. The molecule has 0 radical (unpaired) electrons. The van der Waals surface area contributed by atoms with Crippen LogP contribution < -0.4 is 4.74 Å². The van der Waals surface area contributed by atoms with E-state index in [1.807, 2.05) is 25.9 Å². The first-order valence-corrected chi connectivity index (χ1v) is 9.63. The van der Waals surface area contributed by atoms with Crippen LogP contribution in [0.1, 0.15) is 30.7 Å². The van der Waals surface area contributed by atoms with Gasteiger partial charge in [-0.3, -0.25) is 9.59 Å². The van der Waals surface area contributed by atoms with Gasteiger partial charge in [0, 0.05) is 18.7 Å². The average Bonchev–Trinajstić information content (AvgIpc) is 3.32. The summed E-state index contributed by atoms with van der Waals surface area (Å²) < 4.78 is 11.1. The Labute approximate surface area is 170 Å². The number of carbonyl (C=O) groups is 2. The van der Waals surface area contributed by atoms with Crippen molar-refractivity contribution in [2.75, 3.05) is 33.8 Å². The number of Topliss-reactive ketones (excluding diaryl/α,β-unsaturated/α-hetero) is 1. The van der Waals surface area contributed by atoms with Gasteiger partial charge in [-0.15, -0.1) is 0 Å². The molecule has 0 aliphatic carbocycles. The van der Waals surface area contributed by atoms with Gasteiger partial charge in [0.25, 0.3) is 11.7 Å². The number of hydrogen-bond donors (Lipinski definition) is 1. The van der Waals surface area contributed by atoms with Crippen LogP contribution >= 0.6 is 0 Å². The van der Waals surface area contributed by atoms with E-state index in [4.69, 9.17) is 9.15 Å². The number of aliphatic hydroxyl groups is 1. The van der Waals surface area contributed by atoms with Crippen molar-refractivity contribution in [2.24, 2.45) is 0 Å². The topological polar surface area (TPSA) is 83.2 Å². The number of ether oxygens (including phenoxy) is 1. The van der Waals surface area contributed by atoms with Gasteiger partial charge in [0.05, 0.1) is 18.4 Å². The summed E-state index contributed by atoms with van der Waals surface area (Å²) in [5.41, 5.74) is 0.442. The van der Waals surface area contributed by atoms with Gasteiger partial charge in [0.15, 0.2) is 0 Å². The van der Waals surface area contributed by atoms with E-state index in [0.29, 0.717) is 36.8 Å². The summed E-state index contributed by atoms with van der Waals surface area (Å²) in [4.78, 5) is 28.9. The van der Waals surface area contributed by atoms with Crippen LogP contribution in [0.5, 0.6) is 5.75 Å². The Kier molecular flexibility index (Phi) is 6.39. The van der Waals surface area contributed by atoms with Crippen LogP contribution in [0.15, 0.2) is 52.7 Å². The molecule has 154 valence electrons. The van der Waals surface area contributed by atoms with Crippen molar-refractivity contribution < 1.29 is 23.8 Å². The molecule has 0 bridgehead atoms. The molecule has 1 aromatic heterocycles. The summed E-state index contributed by atoms with van der Waals surface area (Å²) in [6.07, 6.45) is 2.34. The molecule has 1 saturated heterocycles. The quantitative estimate of drug-likeness (QED) is 0.418. The number of likely N-dealkylation sites (tertiary alicyclic amines) is 1. The molecule has 2 heterocycles. The van der Waals surface area contributed by atoms with Crippen LogP contribution in [0, 0.1) is 0 Å². The standard InChI is InChI=1S/C22H26N2O5/c1-4-12-28-16-8-5-7-15(14-16)20(25)18-19(17-9-6-13-29-17)24(11-10-23(2)3)22(27)21(18)26/h5-9,13-14,19,25H,4,10-12H2,1-3H3/t19-/m1/s1. The zero-order valence-electron chi connectivity index (χ0n) is 16.9. The molecule has 0 spiro atoms. The second kappa shape index (κ2) is 8.96. The largest absolute Gasteiger partial charge is 0.507 e. The zero-order chi connectivity index (χ0) is 21.0. The van der Waals surface area contributed by atoms with Gasteiger partial charge in [-0.05, 0) is 44.8 Å². The van der Waals surface area contributed by atoms with Crippen molar-refractivity contribution in [2.45, 2.75) is 19.4 Å². The predicted octanol–water partition coefficient (Wildman–Crippen LogP) is 3.05. The van der Waals surface area contributed by atoms with Gasteiger partial charge >= 0.3 is 0 Å². The maximum absolute atomic E-state index is 12.8. The molecule has 1 aliphatic rings. The van der Waals surface area contributed by atoms with Crippen LogP contribution in [0.3, 0.4) is 0 Å². The van der Waals surface area contributed by atoms with E-state index in [1.165, 1.54) is 11.2 Å². The van der Waals surface area contributed by atoms with Crippen molar-refractivity contribution in [3.8, 4) is 5.75 Å². The summed E-state index contributed by atoms with van der Waals surface area (Å²) >= 11 is 0. The van der Waals surface area contributed by atoms with E-state index in [-0.39, 0.29) is 11.3 Å². The summed E-state index contributed by atoms with van der Waals surface area (Å²) in [5.74, 6) is -0.579. The van der Waals surface area contributed by atoms with Gasteiger partial charge < -0.3 is 24.1 Å². The average molecular weight is 398 g/mol. The summed E-state index contributed by atoms with van der Waals surface area (Å²) in [6.45, 7) is 3.46. The third kappa shape index (κ3) is 4.35. The van der Waals surface area contributed by atoms with E-state index in [0.717, 1.165) is 6.42 Å². The highest BCUT2D eigenvalue weighted by atomic mass is 16.5. The lowest BCUT2D eigenvalue weighted by atomic mass is 9.99. The molecular weight excluding hydrogens is 372 g/mol. The van der Waals surface area contributed by atoms with Crippen LogP contribution in [-0.4, -0.2) is 60.4 Å². The van der Waals surface area contributed by atoms with Gasteiger partial charge in [0.1, 0.15) is 23.3 Å². The fraction of sp³-hybridized carbons (Fsp3) is 0.364. The highest BCUT2D eigenvalue weighted by molar-refractivity contribution is 6.46. The Morgan fingerprint density at radius 2 is 2.03 bits per heavy atom. The molecule has 29 heavy (non-hydrogen) atoms. The molecular formula is C22H26N2O5. The minimum absolute atomic E-state index is 0.0244. The Hall–Kier alpha value is -3.06. The van der Waals surface area contributed by atoms with Gasteiger partial charge in [-0.2, -0.15) is 0 Å². The molecule has 7 heteroatoms. The van der Waals surface area contributed by atoms with E-state index in [1.54, 1.807) is 36.4 Å². The number of rotatable bonds is 8. The Bertz CT molecular complexity index is 902. The van der Waals surface area contributed by atoms with E-state index in [2.05, 4.69) is 0 Å². The Balaban J connectivity index is 2.04. The summed E-state index contributed by atoms with van der Waals surface area (Å²) in [5, 5.41) is 11.0. The van der Waals surface area contributed by atoms with Gasteiger partial charge in [0.2, 0.25) is 0 Å². The van der Waals surface area contributed by atoms with Crippen molar-refractivity contribution in [3.63, 3.8) is 0 Å². The highest BCUT2D eigenvalue weighted by Crippen LogP contribution is 2.39. The number of carbonyl (C=O) groups excluding carboxylic acids is 2. The fourth-order valence-corrected chi connectivity index (χ4v) is 3.27. The molecule has 1 aliphatic heterocycles. The van der Waals surface area contributed by atoms with Crippen molar-refractivity contribution in [1.82, 2.24) is 9.80 Å². The third-order valence-electron chi connectivity index (χ3n) is 4.72. The maximum Gasteiger partial charge on any atom is 0.295 e. The van der Waals surface area contributed by atoms with Crippen molar-refractivity contribution in [1.29, 1.82) is 0 Å². The van der Waals surface area contributed by atoms with Crippen LogP contribution in [0.4, 0.5) is 0 Å². The number of hydrogen-bond acceptors (Lipinski definition) is 6. The lowest BCUT2D eigenvalue weighted by Crippen LogP contribution is -2.35. The van der Waals surface area contributed by atoms with Crippen molar-refractivity contribution >= 4 is 17.4 Å². The second-order valence-corrected chi connectivity index (χ2v) is 7.19. The SMILES string of the molecule is CCCOc1cccc(C(O)=C2C(=O)C(=O)N(CCN(C)C)[C@@H]2c2ccco2)c1. The molecule has 1 aromatic carbocycles. The first-order valence-electron chi connectivity index (χ1n) is 9.63. The van der Waals surface area contributed by atoms with Crippen molar-refractivity contribution in [3.05, 3.63) is 59.6 Å². The lowest BCUT2D eigenvalue weighted by Gasteiger charge is -2.24. The Morgan fingerprint density at radius 3 is 2.69 bits per heavy atom. The highest BCUT2D eigenvalue weighted by Gasteiger charge is 2.47. The monoisotopic (exact) mass is 398 g/mol. The first kappa shape index (κ1) is 20.7. The van der Waals surface area contributed by atoms with E-state index < -0.39 is 17.7 Å². The van der Waals surface area contributed by atoms with Crippen LogP contribution in [-0.2, 0) is 9.59 Å². The molecule has 1 amide bonds. The number of nitrogens with zero attached hydrogens (tertiary/aromatic N) is 2. The van der Waals surface area contributed by atoms with Gasteiger partial charge in [-0.1, -0.05) is 19.1 Å². The molecule has 0 saturated carbocycles. The van der Waals surface area contributed by atoms with Gasteiger partial charge in [-0.25, -0.2) is 0 Å². The third-order valence-corrected chi connectivity index (χ3v) is 4.72. The smallest absolute Gasteiger partial charge is 0.295 e. The molecule has 1 fully saturated rings. The molecule has 3 rings (SSSR count). The molecule has 0 unspecified atom stereocenters. The number of likely N-dealkylation sites (N-methyl/N-ethyl adjacent to an activating group) is 1. The molecule has 1 atom stereocenters.